The number of benzene rings is 2. The lowest BCUT2D eigenvalue weighted by Gasteiger charge is -2.19. The number of rotatable bonds is 4. The molecular formula is C21H21NO5. The number of hydrogen-bond acceptors (Lipinski definition) is 4. The summed E-state index contributed by atoms with van der Waals surface area (Å²) >= 11 is 0. The van der Waals surface area contributed by atoms with E-state index in [1.165, 1.54) is 6.08 Å². The van der Waals surface area contributed by atoms with Gasteiger partial charge in [-0.05, 0) is 46.9 Å². The first kappa shape index (κ1) is 18.5. The molecule has 1 amide bonds. The number of carbonyl (C=O) groups is 2. The largest absolute Gasteiger partial charge is 0.477 e. The molecule has 2 aromatic rings. The Balaban J connectivity index is 1.80. The van der Waals surface area contributed by atoms with Crippen LogP contribution in [0.3, 0.4) is 0 Å². The molecule has 0 aromatic heterocycles. The molecule has 1 aliphatic rings. The topological polar surface area (TPSA) is 84.9 Å². The van der Waals surface area contributed by atoms with Gasteiger partial charge in [0.15, 0.2) is 11.5 Å². The van der Waals surface area contributed by atoms with Gasteiger partial charge >= 0.3 is 5.97 Å². The zero-order valence-electron chi connectivity index (χ0n) is 15.4. The second kappa shape index (κ2) is 7.15. The Bertz CT molecular complexity index is 907. The van der Waals surface area contributed by atoms with E-state index in [4.69, 9.17) is 9.47 Å². The quantitative estimate of drug-likeness (QED) is 0.807. The SMILES string of the molecule is CC(C)(C)c1ccc(C(=O)NC(=Cc2ccc3c(c2)OCO3)C(=O)O)cc1. The van der Waals surface area contributed by atoms with E-state index >= 15 is 0 Å². The van der Waals surface area contributed by atoms with Gasteiger partial charge in [-0.1, -0.05) is 39.0 Å². The van der Waals surface area contributed by atoms with Crippen molar-refractivity contribution >= 4 is 18.0 Å². The Morgan fingerprint density at radius 2 is 1.70 bits per heavy atom. The van der Waals surface area contributed by atoms with Gasteiger partial charge in [-0.2, -0.15) is 0 Å². The number of carboxylic acid groups (broad SMARTS) is 1. The number of nitrogens with one attached hydrogen (secondary N) is 1. The molecular weight excluding hydrogens is 346 g/mol. The van der Waals surface area contributed by atoms with E-state index in [0.717, 1.165) is 5.56 Å². The van der Waals surface area contributed by atoms with Gasteiger partial charge in [-0.15, -0.1) is 0 Å². The minimum atomic E-state index is -1.23. The minimum Gasteiger partial charge on any atom is -0.477 e. The van der Waals surface area contributed by atoms with Gasteiger partial charge in [-0.25, -0.2) is 4.79 Å². The van der Waals surface area contributed by atoms with Crippen LogP contribution in [0.4, 0.5) is 0 Å². The van der Waals surface area contributed by atoms with Crippen LogP contribution in [0.15, 0.2) is 48.2 Å². The van der Waals surface area contributed by atoms with Crippen LogP contribution in [0.5, 0.6) is 11.5 Å². The van der Waals surface area contributed by atoms with Gasteiger partial charge in [0, 0.05) is 5.56 Å². The standard InChI is InChI=1S/C21H21NO5/c1-21(2,3)15-7-5-14(6-8-15)19(23)22-16(20(24)25)10-13-4-9-17-18(11-13)27-12-26-17/h4-11H,12H2,1-3H3,(H,22,23)(H,24,25). The molecule has 1 aliphatic heterocycles. The van der Waals surface area contributed by atoms with E-state index in [-0.39, 0.29) is 17.9 Å². The summed E-state index contributed by atoms with van der Waals surface area (Å²) in [5.41, 5.74) is 1.81. The van der Waals surface area contributed by atoms with E-state index in [9.17, 15) is 14.7 Å². The lowest BCUT2D eigenvalue weighted by atomic mass is 9.87. The highest BCUT2D eigenvalue weighted by molar-refractivity contribution is 6.02. The fourth-order valence-corrected chi connectivity index (χ4v) is 2.64. The highest BCUT2D eigenvalue weighted by Gasteiger charge is 2.17. The first-order chi connectivity index (χ1) is 12.7. The van der Waals surface area contributed by atoms with Crippen LogP contribution in [0.25, 0.3) is 6.08 Å². The Morgan fingerprint density at radius 1 is 1.04 bits per heavy atom. The van der Waals surface area contributed by atoms with Crippen molar-refractivity contribution in [2.24, 2.45) is 0 Å². The summed E-state index contributed by atoms with van der Waals surface area (Å²) < 4.78 is 10.5. The third-order valence-corrected chi connectivity index (χ3v) is 4.20. The molecule has 3 rings (SSSR count). The van der Waals surface area contributed by atoms with Crippen LogP contribution < -0.4 is 14.8 Å². The monoisotopic (exact) mass is 367 g/mol. The first-order valence-corrected chi connectivity index (χ1v) is 8.50. The Hall–Kier alpha value is -3.28. The number of aliphatic carboxylic acids is 1. The molecule has 6 heteroatoms. The molecule has 0 atom stereocenters. The van der Waals surface area contributed by atoms with Gasteiger partial charge in [0.05, 0.1) is 0 Å². The lowest BCUT2D eigenvalue weighted by Crippen LogP contribution is -2.27. The molecule has 6 nitrogen and oxygen atoms in total. The molecule has 0 aliphatic carbocycles. The molecule has 140 valence electrons. The number of fused-ring (bicyclic) bond motifs is 1. The van der Waals surface area contributed by atoms with Gasteiger partial charge in [0.25, 0.3) is 5.91 Å². The second-order valence-electron chi connectivity index (χ2n) is 7.26. The molecule has 2 aromatic carbocycles. The average molecular weight is 367 g/mol. The van der Waals surface area contributed by atoms with E-state index in [1.54, 1.807) is 30.3 Å². The maximum Gasteiger partial charge on any atom is 0.352 e. The van der Waals surface area contributed by atoms with E-state index in [0.29, 0.717) is 22.6 Å². The summed E-state index contributed by atoms with van der Waals surface area (Å²) in [6.45, 7) is 6.38. The van der Waals surface area contributed by atoms with Crippen molar-refractivity contribution < 1.29 is 24.2 Å². The highest BCUT2D eigenvalue weighted by atomic mass is 16.7. The Kier molecular flexibility index (Phi) is 4.90. The lowest BCUT2D eigenvalue weighted by molar-refractivity contribution is -0.132. The smallest absolute Gasteiger partial charge is 0.352 e. The van der Waals surface area contributed by atoms with Crippen molar-refractivity contribution in [1.29, 1.82) is 0 Å². The van der Waals surface area contributed by atoms with Crippen molar-refractivity contribution in [2.75, 3.05) is 6.79 Å². The predicted octanol–water partition coefficient (Wildman–Crippen LogP) is 3.57. The number of carboxylic acids is 1. The molecule has 0 spiro atoms. The van der Waals surface area contributed by atoms with Gasteiger partial charge in [0.2, 0.25) is 6.79 Å². The molecule has 0 unspecified atom stereocenters. The summed E-state index contributed by atoms with van der Waals surface area (Å²) in [7, 11) is 0. The minimum absolute atomic E-state index is 0.0273. The van der Waals surface area contributed by atoms with Gasteiger partial charge in [0.1, 0.15) is 5.70 Å². The van der Waals surface area contributed by atoms with E-state index < -0.39 is 11.9 Å². The van der Waals surface area contributed by atoms with Crippen LogP contribution in [0, 0.1) is 0 Å². The van der Waals surface area contributed by atoms with E-state index in [2.05, 4.69) is 26.1 Å². The van der Waals surface area contributed by atoms with Crippen molar-refractivity contribution in [1.82, 2.24) is 5.32 Å². The zero-order chi connectivity index (χ0) is 19.6. The van der Waals surface area contributed by atoms with Crippen molar-refractivity contribution in [3.05, 3.63) is 64.9 Å². The highest BCUT2D eigenvalue weighted by Crippen LogP contribution is 2.33. The number of ether oxygens (including phenoxy) is 2. The number of hydrogen-bond donors (Lipinski definition) is 2. The number of carbonyl (C=O) groups excluding carboxylic acids is 1. The number of amides is 1. The molecule has 27 heavy (non-hydrogen) atoms. The molecule has 0 saturated heterocycles. The fourth-order valence-electron chi connectivity index (χ4n) is 2.64. The Morgan fingerprint density at radius 3 is 2.33 bits per heavy atom. The first-order valence-electron chi connectivity index (χ1n) is 8.50. The molecule has 1 heterocycles. The average Bonchev–Trinajstić information content (AvgIpc) is 3.08. The molecule has 0 bridgehead atoms. The van der Waals surface area contributed by atoms with Crippen LogP contribution in [-0.2, 0) is 10.2 Å². The fraction of sp³-hybridized carbons (Fsp3) is 0.238. The Labute approximate surface area is 157 Å². The normalized spacial score (nSPS) is 13.4. The summed E-state index contributed by atoms with van der Waals surface area (Å²) in [4.78, 5) is 24.0. The van der Waals surface area contributed by atoms with Crippen LogP contribution >= 0.6 is 0 Å². The summed E-state index contributed by atoms with van der Waals surface area (Å²) in [5.74, 6) is -0.568. The molecule has 0 radical (unpaired) electrons. The maximum absolute atomic E-state index is 12.4. The molecule has 0 saturated carbocycles. The predicted molar refractivity (Wildman–Crippen MR) is 101 cm³/mol. The van der Waals surface area contributed by atoms with Crippen LogP contribution in [-0.4, -0.2) is 23.8 Å². The van der Waals surface area contributed by atoms with Crippen LogP contribution in [0.1, 0.15) is 42.3 Å². The van der Waals surface area contributed by atoms with E-state index in [1.807, 2.05) is 12.1 Å². The van der Waals surface area contributed by atoms with Crippen LogP contribution in [0.2, 0.25) is 0 Å². The third-order valence-electron chi connectivity index (χ3n) is 4.20. The zero-order valence-corrected chi connectivity index (χ0v) is 15.4. The van der Waals surface area contributed by atoms with Gasteiger partial charge in [-0.3, -0.25) is 4.79 Å². The summed E-state index contributed by atoms with van der Waals surface area (Å²) in [6, 6.07) is 12.2. The van der Waals surface area contributed by atoms with Crippen molar-refractivity contribution in [2.45, 2.75) is 26.2 Å². The summed E-state index contributed by atoms with van der Waals surface area (Å²) in [5, 5.41) is 11.9. The second-order valence-corrected chi connectivity index (χ2v) is 7.26. The van der Waals surface area contributed by atoms with Crippen molar-refractivity contribution in [3.8, 4) is 11.5 Å². The maximum atomic E-state index is 12.4. The van der Waals surface area contributed by atoms with Crippen molar-refractivity contribution in [3.63, 3.8) is 0 Å². The molecule has 0 fully saturated rings. The summed E-state index contributed by atoms with van der Waals surface area (Å²) in [6.07, 6.45) is 1.38. The van der Waals surface area contributed by atoms with Gasteiger partial charge < -0.3 is 19.9 Å². The third kappa shape index (κ3) is 4.28. The molecule has 2 N–H and O–H groups in total.